The highest BCUT2D eigenvalue weighted by molar-refractivity contribution is 7.13. The number of hydrogen-bond acceptors (Lipinski definition) is 9. The number of hydrogen-bond donors (Lipinski definition) is 2. The molecule has 0 bridgehead atoms. The van der Waals surface area contributed by atoms with Crippen LogP contribution >= 0.6 is 11.3 Å². The van der Waals surface area contributed by atoms with Crippen LogP contribution in [0.5, 0.6) is 0 Å². The summed E-state index contributed by atoms with van der Waals surface area (Å²) in [4.78, 5) is 31.7. The van der Waals surface area contributed by atoms with E-state index in [2.05, 4.69) is 25.4 Å². The molecule has 11 heteroatoms. The lowest BCUT2D eigenvalue weighted by molar-refractivity contribution is -0.143. The van der Waals surface area contributed by atoms with Crippen molar-refractivity contribution in [3.05, 3.63) is 54.1 Å². The smallest absolute Gasteiger partial charge is 0.259 e. The van der Waals surface area contributed by atoms with Gasteiger partial charge in [0.2, 0.25) is 5.95 Å². The van der Waals surface area contributed by atoms with Crippen molar-refractivity contribution in [2.45, 2.75) is 12.0 Å². The molecule has 10 nitrogen and oxygen atoms in total. The van der Waals surface area contributed by atoms with Gasteiger partial charge in [0.1, 0.15) is 10.7 Å². The van der Waals surface area contributed by atoms with Gasteiger partial charge in [0.05, 0.1) is 17.6 Å². The summed E-state index contributed by atoms with van der Waals surface area (Å²) in [7, 11) is 3.52. The Kier molecular flexibility index (Phi) is 4.91. The summed E-state index contributed by atoms with van der Waals surface area (Å²) < 4.78 is 1.69. The molecule has 1 amide bonds. The predicted molar refractivity (Wildman–Crippen MR) is 119 cm³/mol. The van der Waals surface area contributed by atoms with E-state index in [-0.39, 0.29) is 5.91 Å². The number of nitrogens with one attached hydrogen (secondary N) is 1. The number of pyridine rings is 1. The molecular weight excluding hydrogens is 428 g/mol. The zero-order valence-corrected chi connectivity index (χ0v) is 18.2. The van der Waals surface area contributed by atoms with Gasteiger partial charge in [-0.2, -0.15) is 5.10 Å². The van der Waals surface area contributed by atoms with Crippen LogP contribution in [0, 0.1) is 0 Å². The number of likely N-dealkylation sites (tertiary alicyclic amines) is 1. The lowest BCUT2D eigenvalue weighted by Gasteiger charge is -2.21. The van der Waals surface area contributed by atoms with Gasteiger partial charge in [-0.25, -0.2) is 15.0 Å². The quantitative estimate of drug-likeness (QED) is 0.476. The van der Waals surface area contributed by atoms with E-state index in [1.807, 2.05) is 18.6 Å². The second kappa shape index (κ2) is 7.77. The van der Waals surface area contributed by atoms with E-state index in [0.29, 0.717) is 35.9 Å². The van der Waals surface area contributed by atoms with Gasteiger partial charge in [-0.3, -0.25) is 14.5 Å². The summed E-state index contributed by atoms with van der Waals surface area (Å²) in [6.45, 7) is 0.504. The van der Waals surface area contributed by atoms with Crippen molar-refractivity contribution in [1.82, 2.24) is 34.6 Å². The minimum absolute atomic E-state index is 0.315. The van der Waals surface area contributed by atoms with Gasteiger partial charge in [0.15, 0.2) is 5.60 Å². The topological polar surface area (TPSA) is 122 Å². The number of rotatable bonds is 5. The van der Waals surface area contributed by atoms with Crippen LogP contribution in [-0.4, -0.2) is 59.2 Å². The summed E-state index contributed by atoms with van der Waals surface area (Å²) in [5, 5.41) is 20.8. The fraction of sp³-hybridized carbons (Fsp3) is 0.238. The van der Waals surface area contributed by atoms with Crippen LogP contribution in [0.15, 0.2) is 48.5 Å². The first-order valence-corrected chi connectivity index (χ1v) is 10.8. The first-order chi connectivity index (χ1) is 15.4. The molecule has 1 saturated heterocycles. The SMILES string of the molecule is CN1CCC(O)(c2cncc(-c3csc(-c4ccnc(Nc5cnn(C)c5)n4)n3)c2)C1=O. The standard InChI is InChI=1S/C21H20N8O2S/c1-28-6-4-21(31,19(28)30)14-7-13(8-22-9-14)17-12-32-18(26-17)16-3-5-23-20(27-16)25-15-10-24-29(2)11-15/h3,5,7-12,31H,4,6H2,1-2H3,(H,23,25,27). The van der Waals surface area contributed by atoms with E-state index >= 15 is 0 Å². The third-order valence-corrected chi connectivity index (χ3v) is 6.23. The Morgan fingerprint density at radius 2 is 2.06 bits per heavy atom. The highest BCUT2D eigenvalue weighted by Crippen LogP contribution is 2.35. The molecule has 1 aliphatic rings. The summed E-state index contributed by atoms with van der Waals surface area (Å²) in [6, 6.07) is 3.57. The van der Waals surface area contributed by atoms with Crippen LogP contribution in [0.1, 0.15) is 12.0 Å². The van der Waals surface area contributed by atoms with Crippen molar-refractivity contribution >= 4 is 28.9 Å². The second-order valence-electron chi connectivity index (χ2n) is 7.63. The Bertz CT molecular complexity index is 1300. The van der Waals surface area contributed by atoms with Gasteiger partial charge in [-0.15, -0.1) is 11.3 Å². The van der Waals surface area contributed by atoms with E-state index in [9.17, 15) is 9.90 Å². The van der Waals surface area contributed by atoms with E-state index in [1.54, 1.807) is 42.5 Å². The molecule has 162 valence electrons. The summed E-state index contributed by atoms with van der Waals surface area (Å²) in [5.74, 6) is 0.132. The Morgan fingerprint density at radius 1 is 1.19 bits per heavy atom. The Balaban J connectivity index is 1.41. The lowest BCUT2D eigenvalue weighted by atomic mass is 9.92. The zero-order chi connectivity index (χ0) is 22.3. The Labute approximate surface area is 187 Å². The molecule has 0 aromatic carbocycles. The van der Waals surface area contributed by atoms with Gasteiger partial charge in [-0.1, -0.05) is 0 Å². The Morgan fingerprint density at radius 3 is 2.81 bits per heavy atom. The number of likely N-dealkylation sites (N-methyl/N-ethyl adjacent to an activating group) is 1. The zero-order valence-electron chi connectivity index (χ0n) is 17.4. The molecular formula is C21H20N8O2S. The molecule has 5 rings (SSSR count). The van der Waals surface area contributed by atoms with Crippen molar-refractivity contribution in [3.8, 4) is 22.0 Å². The summed E-state index contributed by atoms with van der Waals surface area (Å²) in [5.41, 5.74) is 1.82. The van der Waals surface area contributed by atoms with Crippen LogP contribution in [-0.2, 0) is 17.4 Å². The molecule has 0 radical (unpaired) electrons. The maximum Gasteiger partial charge on any atom is 0.259 e. The number of amides is 1. The number of carbonyl (C=O) groups is 1. The maximum atomic E-state index is 12.4. The molecule has 0 saturated carbocycles. The van der Waals surface area contributed by atoms with E-state index < -0.39 is 5.60 Å². The molecule has 4 aromatic rings. The van der Waals surface area contributed by atoms with Crippen molar-refractivity contribution < 1.29 is 9.90 Å². The number of thiazole rings is 1. The van der Waals surface area contributed by atoms with Gasteiger partial charge >= 0.3 is 0 Å². The van der Waals surface area contributed by atoms with E-state index in [4.69, 9.17) is 4.98 Å². The largest absolute Gasteiger partial charge is 0.375 e. The number of anilines is 2. The van der Waals surface area contributed by atoms with Crippen molar-refractivity contribution in [2.24, 2.45) is 7.05 Å². The number of aromatic nitrogens is 6. The fourth-order valence-electron chi connectivity index (χ4n) is 3.60. The number of nitrogens with zero attached hydrogens (tertiary/aromatic N) is 7. The van der Waals surface area contributed by atoms with Gasteiger partial charge in [0.25, 0.3) is 5.91 Å². The fourth-order valence-corrected chi connectivity index (χ4v) is 4.40. The van der Waals surface area contributed by atoms with Crippen molar-refractivity contribution in [1.29, 1.82) is 0 Å². The Hall–Kier alpha value is -3.70. The van der Waals surface area contributed by atoms with Gasteiger partial charge in [-0.05, 0) is 12.1 Å². The molecule has 1 fully saturated rings. The molecule has 4 aromatic heterocycles. The number of aryl methyl sites for hydroxylation is 1. The van der Waals surface area contributed by atoms with Crippen LogP contribution in [0.25, 0.3) is 22.0 Å². The van der Waals surface area contributed by atoms with Crippen LogP contribution in [0.3, 0.4) is 0 Å². The van der Waals surface area contributed by atoms with Crippen LogP contribution in [0.4, 0.5) is 11.6 Å². The first kappa shape index (κ1) is 20.2. The van der Waals surface area contributed by atoms with E-state index in [1.165, 1.54) is 22.4 Å². The molecule has 0 aliphatic carbocycles. The highest BCUT2D eigenvalue weighted by Gasteiger charge is 2.45. The average molecular weight is 449 g/mol. The minimum atomic E-state index is -1.55. The van der Waals surface area contributed by atoms with E-state index in [0.717, 1.165) is 16.3 Å². The molecule has 32 heavy (non-hydrogen) atoms. The molecule has 0 spiro atoms. The summed E-state index contributed by atoms with van der Waals surface area (Å²) in [6.07, 6.45) is 8.74. The lowest BCUT2D eigenvalue weighted by Crippen LogP contribution is -2.36. The van der Waals surface area contributed by atoms with Gasteiger partial charge < -0.3 is 15.3 Å². The average Bonchev–Trinajstić information content (AvgIpc) is 3.52. The molecule has 1 aliphatic heterocycles. The molecule has 1 unspecified atom stereocenters. The normalized spacial score (nSPS) is 18.3. The first-order valence-electron chi connectivity index (χ1n) is 9.91. The molecule has 2 N–H and O–H groups in total. The third kappa shape index (κ3) is 3.61. The highest BCUT2D eigenvalue weighted by atomic mass is 32.1. The summed E-state index contributed by atoms with van der Waals surface area (Å²) >= 11 is 1.44. The monoisotopic (exact) mass is 448 g/mol. The van der Waals surface area contributed by atoms with Crippen LogP contribution in [0.2, 0.25) is 0 Å². The second-order valence-corrected chi connectivity index (χ2v) is 8.49. The predicted octanol–water partition coefficient (Wildman–Crippen LogP) is 2.19. The van der Waals surface area contributed by atoms with Crippen LogP contribution < -0.4 is 5.32 Å². The molecule has 5 heterocycles. The van der Waals surface area contributed by atoms with Crippen molar-refractivity contribution in [3.63, 3.8) is 0 Å². The molecule has 1 atom stereocenters. The number of carbonyl (C=O) groups excluding carboxylic acids is 1. The maximum absolute atomic E-state index is 12.4. The third-order valence-electron chi connectivity index (χ3n) is 5.36. The number of aliphatic hydroxyl groups is 1. The van der Waals surface area contributed by atoms with Gasteiger partial charge in [0, 0.05) is 68.4 Å². The minimum Gasteiger partial charge on any atom is -0.375 e. The van der Waals surface area contributed by atoms with Crippen molar-refractivity contribution in [2.75, 3.05) is 18.9 Å².